The second-order valence-electron chi connectivity index (χ2n) is 14.8. The molecule has 300 valence electrons. The number of nitrogens with one attached hydrogen (secondary N) is 5. The molecule has 1 aromatic carbocycles. The van der Waals surface area contributed by atoms with Crippen LogP contribution < -0.4 is 21.3 Å². The first-order valence-corrected chi connectivity index (χ1v) is 21.3. The minimum Gasteiger partial charge on any atom is -0.449 e. The van der Waals surface area contributed by atoms with E-state index in [0.717, 1.165) is 55.6 Å². The summed E-state index contributed by atoms with van der Waals surface area (Å²) in [7, 11) is 0. The number of carbonyl (C=O) groups excluding carboxylic acids is 6. The number of amides is 5. The normalized spacial score (nSPS) is 19.9. The highest BCUT2D eigenvalue weighted by molar-refractivity contribution is 8.18. The molecule has 2 saturated heterocycles. The van der Waals surface area contributed by atoms with Crippen molar-refractivity contribution in [2.24, 2.45) is 11.8 Å². The van der Waals surface area contributed by atoms with Crippen LogP contribution in [0.15, 0.2) is 36.7 Å². The van der Waals surface area contributed by atoms with Gasteiger partial charge < -0.3 is 30.9 Å². The largest absolute Gasteiger partial charge is 0.449 e. The van der Waals surface area contributed by atoms with Gasteiger partial charge in [0.25, 0.3) is 5.91 Å². The predicted molar refractivity (Wildman–Crippen MR) is 210 cm³/mol. The van der Waals surface area contributed by atoms with Crippen LogP contribution in [0.1, 0.15) is 96.0 Å². The Morgan fingerprint density at radius 2 is 1.71 bits per heavy atom. The number of Topliss-reactive ketones (excluding diaryl/α,β-unsaturated/α-hetero) is 1. The van der Waals surface area contributed by atoms with Gasteiger partial charge in [0.05, 0.1) is 23.3 Å². The van der Waals surface area contributed by atoms with E-state index < -0.39 is 64.4 Å². The first-order chi connectivity index (χ1) is 26.5. The molecule has 55 heavy (non-hydrogen) atoms. The van der Waals surface area contributed by atoms with Gasteiger partial charge in [-0.2, -0.15) is 5.10 Å². The number of thioether (sulfide) groups is 2. The maximum absolute atomic E-state index is 14.6. The summed E-state index contributed by atoms with van der Waals surface area (Å²) >= 11 is 3.48. The van der Waals surface area contributed by atoms with Crippen LogP contribution in [-0.2, 0) is 28.7 Å². The summed E-state index contributed by atoms with van der Waals surface area (Å²) in [6, 6.07) is 5.48. The molecular weight excluding hydrogens is 745 g/mol. The molecule has 0 bridgehead atoms. The van der Waals surface area contributed by atoms with Crippen molar-refractivity contribution >= 4 is 59.0 Å². The van der Waals surface area contributed by atoms with Crippen molar-refractivity contribution in [3.8, 4) is 0 Å². The van der Waals surface area contributed by atoms with Gasteiger partial charge in [-0.3, -0.25) is 29.1 Å². The van der Waals surface area contributed by atoms with Crippen LogP contribution in [0.3, 0.4) is 0 Å². The molecule has 3 aliphatic rings. The lowest BCUT2D eigenvalue weighted by molar-refractivity contribution is -0.143. The molecule has 5 amide bonds. The number of hydrogen-bond donors (Lipinski definition) is 5. The Balaban J connectivity index is 1.27. The SMILES string of the molecule is CCCC(NC(=O)[C@@H]1CC2(CN1C(=O)[C@@H](NC(=O)OCC(C)C)C1CCCCC1)SCCCS2)C(=O)C(=O)NCC(=O)NC(c1ccccc1)c1ncn[nH]1. The van der Waals surface area contributed by atoms with E-state index in [0.29, 0.717) is 25.2 Å². The summed E-state index contributed by atoms with van der Waals surface area (Å²) in [4.78, 5) is 87.3. The molecular formula is C38H54N8O7S2. The summed E-state index contributed by atoms with van der Waals surface area (Å²) in [5.41, 5.74) is 0.735. The first-order valence-electron chi connectivity index (χ1n) is 19.3. The van der Waals surface area contributed by atoms with Gasteiger partial charge in [0.2, 0.25) is 23.5 Å². The van der Waals surface area contributed by atoms with Gasteiger partial charge in [0.15, 0.2) is 5.82 Å². The number of likely N-dealkylation sites (tertiary alicyclic amines) is 1. The highest BCUT2D eigenvalue weighted by Crippen LogP contribution is 2.50. The van der Waals surface area contributed by atoms with E-state index in [1.54, 1.807) is 28.4 Å². The second kappa shape index (κ2) is 20.2. The minimum absolute atomic E-state index is 0.103. The molecule has 1 aromatic heterocycles. The fourth-order valence-corrected chi connectivity index (χ4v) is 10.7. The van der Waals surface area contributed by atoms with Crippen molar-refractivity contribution in [3.05, 3.63) is 48.0 Å². The molecule has 0 radical (unpaired) electrons. The Hall–Kier alpha value is -4.12. The van der Waals surface area contributed by atoms with E-state index >= 15 is 0 Å². The first kappa shape index (κ1) is 42.0. The highest BCUT2D eigenvalue weighted by atomic mass is 32.2. The van der Waals surface area contributed by atoms with Crippen molar-refractivity contribution < 1.29 is 33.5 Å². The van der Waals surface area contributed by atoms with E-state index in [1.807, 2.05) is 51.1 Å². The molecule has 3 fully saturated rings. The van der Waals surface area contributed by atoms with Crippen LogP contribution in [0.5, 0.6) is 0 Å². The maximum Gasteiger partial charge on any atom is 0.407 e. The quantitative estimate of drug-likeness (QED) is 0.156. The topological polar surface area (TPSA) is 205 Å². The summed E-state index contributed by atoms with van der Waals surface area (Å²) in [5, 5.41) is 17.5. The molecule has 17 heteroatoms. The number of H-pyrrole nitrogens is 1. The van der Waals surface area contributed by atoms with Crippen LogP contribution >= 0.6 is 23.5 Å². The van der Waals surface area contributed by atoms with Gasteiger partial charge in [-0.05, 0) is 54.6 Å². The van der Waals surface area contributed by atoms with Gasteiger partial charge in [0.1, 0.15) is 24.5 Å². The lowest BCUT2D eigenvalue weighted by atomic mass is 9.83. The molecule has 15 nitrogen and oxygen atoms in total. The third-order valence-electron chi connectivity index (χ3n) is 10.1. The summed E-state index contributed by atoms with van der Waals surface area (Å²) in [6.45, 7) is 5.73. The van der Waals surface area contributed by atoms with E-state index in [9.17, 15) is 28.8 Å². The fourth-order valence-electron chi connectivity index (χ4n) is 7.32. The number of ether oxygens (including phenoxy) is 1. The van der Waals surface area contributed by atoms with E-state index in [4.69, 9.17) is 4.74 Å². The molecule has 4 atom stereocenters. The lowest BCUT2D eigenvalue weighted by Gasteiger charge is -2.35. The Labute approximate surface area is 330 Å². The number of aromatic nitrogens is 3. The Morgan fingerprint density at radius 1 is 0.982 bits per heavy atom. The zero-order valence-electron chi connectivity index (χ0n) is 31.8. The van der Waals surface area contributed by atoms with Crippen molar-refractivity contribution in [1.82, 2.24) is 41.3 Å². The number of nitrogens with zero attached hydrogens (tertiary/aromatic N) is 3. The fraction of sp³-hybridized carbons (Fsp3) is 0.632. The number of aromatic amines is 1. The van der Waals surface area contributed by atoms with Gasteiger partial charge in [-0.1, -0.05) is 76.8 Å². The number of carbonyl (C=O) groups is 6. The molecule has 1 spiro atoms. The zero-order valence-corrected chi connectivity index (χ0v) is 33.5. The van der Waals surface area contributed by atoms with Gasteiger partial charge >= 0.3 is 6.09 Å². The standard InChI is InChI=1S/C38H54N8O7S2/c1-4-12-27(32(48)35(50)39-20-29(47)43-30(33-40-23-41-45-33)25-13-7-5-8-14-25)42-34(49)28-19-38(54-17-11-18-55-38)22-46(28)36(51)31(26-15-9-6-10-16-26)44-37(52)53-21-24(2)3/h5,7-8,13-14,23-24,26-28,30-31H,4,6,9-12,15-22H2,1-3H3,(H,39,50)(H,42,49)(H,43,47)(H,44,52)(H,40,41,45)/t27?,28-,30?,31-/m0/s1. The van der Waals surface area contributed by atoms with Crippen LogP contribution in [0.25, 0.3) is 0 Å². The number of hydrogen-bond acceptors (Lipinski definition) is 11. The highest BCUT2D eigenvalue weighted by Gasteiger charge is 2.52. The number of ketones is 1. The van der Waals surface area contributed by atoms with E-state index in [2.05, 4.69) is 36.4 Å². The molecule has 2 unspecified atom stereocenters. The van der Waals surface area contributed by atoms with Gasteiger partial charge in [0, 0.05) is 13.0 Å². The molecule has 3 heterocycles. The number of alkyl carbamates (subject to hydrolysis) is 1. The number of rotatable bonds is 16. The predicted octanol–water partition coefficient (Wildman–Crippen LogP) is 3.48. The summed E-state index contributed by atoms with van der Waals surface area (Å²) in [6.07, 6.45) is 7.19. The van der Waals surface area contributed by atoms with Crippen LogP contribution in [0.2, 0.25) is 0 Å². The maximum atomic E-state index is 14.6. The van der Waals surface area contributed by atoms with Crippen molar-refractivity contribution in [2.45, 2.75) is 107 Å². The monoisotopic (exact) mass is 798 g/mol. The van der Waals surface area contributed by atoms with E-state index in [-0.39, 0.29) is 30.8 Å². The summed E-state index contributed by atoms with van der Waals surface area (Å²) in [5.74, 6) is -1.13. The average molecular weight is 799 g/mol. The zero-order chi connectivity index (χ0) is 39.4. The lowest BCUT2D eigenvalue weighted by Crippen LogP contribution is -2.58. The van der Waals surface area contributed by atoms with Crippen molar-refractivity contribution in [2.75, 3.05) is 31.2 Å². The van der Waals surface area contributed by atoms with Crippen LogP contribution in [0, 0.1) is 11.8 Å². The Morgan fingerprint density at radius 3 is 2.36 bits per heavy atom. The molecule has 5 rings (SSSR count). The Bertz CT molecular complexity index is 1620. The molecule has 1 aliphatic carbocycles. The van der Waals surface area contributed by atoms with Gasteiger partial charge in [-0.25, -0.2) is 9.78 Å². The molecule has 1 saturated carbocycles. The third kappa shape index (κ3) is 11.5. The van der Waals surface area contributed by atoms with Crippen LogP contribution in [-0.4, -0.2) is 109 Å². The third-order valence-corrected chi connectivity index (χ3v) is 13.4. The molecule has 2 aliphatic heterocycles. The molecule has 2 aromatic rings. The van der Waals surface area contributed by atoms with E-state index in [1.165, 1.54) is 6.33 Å². The van der Waals surface area contributed by atoms with Crippen LogP contribution in [0.4, 0.5) is 4.79 Å². The Kier molecular flexibility index (Phi) is 15.4. The number of benzene rings is 1. The summed E-state index contributed by atoms with van der Waals surface area (Å²) < 4.78 is 5.01. The van der Waals surface area contributed by atoms with Crippen molar-refractivity contribution in [3.63, 3.8) is 0 Å². The smallest absolute Gasteiger partial charge is 0.407 e. The second-order valence-corrected chi connectivity index (χ2v) is 18.1. The minimum atomic E-state index is -1.18. The molecule has 5 N–H and O–H groups in total. The average Bonchev–Trinajstić information content (AvgIpc) is 3.86. The van der Waals surface area contributed by atoms with Gasteiger partial charge in [-0.15, -0.1) is 23.5 Å². The van der Waals surface area contributed by atoms with Crippen molar-refractivity contribution in [1.29, 1.82) is 0 Å².